The molecule has 0 aliphatic carbocycles. The molecule has 2 heteroatoms. The maximum atomic E-state index is 6.39. The van der Waals surface area contributed by atoms with Crippen molar-refractivity contribution in [1.29, 1.82) is 0 Å². The summed E-state index contributed by atoms with van der Waals surface area (Å²) in [6, 6.07) is 17.1. The van der Waals surface area contributed by atoms with Gasteiger partial charge in [-0.3, -0.25) is 0 Å². The predicted octanol–water partition coefficient (Wildman–Crippen LogP) is 5.55. The molecule has 0 fully saturated rings. The second kappa shape index (κ2) is 7.63. The highest BCUT2D eigenvalue weighted by atomic mass is 35.5. The van der Waals surface area contributed by atoms with Crippen LogP contribution in [0.1, 0.15) is 55.8 Å². The van der Waals surface area contributed by atoms with Crippen LogP contribution in [0.3, 0.4) is 0 Å². The fourth-order valence-electron chi connectivity index (χ4n) is 2.48. The molecule has 0 spiro atoms. The number of nitrogens with one attached hydrogen (secondary N) is 1. The average Bonchev–Trinajstić information content (AvgIpc) is 2.50. The second-order valence-electron chi connectivity index (χ2n) is 5.73. The highest BCUT2D eigenvalue weighted by Crippen LogP contribution is 2.29. The van der Waals surface area contributed by atoms with E-state index < -0.39 is 0 Å². The molecule has 0 aliphatic rings. The minimum absolute atomic E-state index is 0.153. The zero-order valence-corrected chi connectivity index (χ0v) is 13.8. The van der Waals surface area contributed by atoms with Gasteiger partial charge >= 0.3 is 0 Å². The van der Waals surface area contributed by atoms with Gasteiger partial charge in [0.2, 0.25) is 0 Å². The van der Waals surface area contributed by atoms with E-state index in [1.807, 2.05) is 18.2 Å². The third kappa shape index (κ3) is 4.09. The minimum atomic E-state index is 0.153. The lowest BCUT2D eigenvalue weighted by molar-refractivity contribution is 0.598. The fourth-order valence-corrected chi connectivity index (χ4v) is 2.72. The molecule has 2 rings (SSSR count). The van der Waals surface area contributed by atoms with Gasteiger partial charge in [0.1, 0.15) is 0 Å². The van der Waals surface area contributed by atoms with Crippen molar-refractivity contribution in [2.24, 2.45) is 0 Å². The van der Waals surface area contributed by atoms with Crippen molar-refractivity contribution in [1.82, 2.24) is 5.32 Å². The fraction of sp³-hybridized carbons (Fsp3) is 0.368. The molecule has 1 nitrogen and oxygen atoms in total. The molecule has 21 heavy (non-hydrogen) atoms. The van der Waals surface area contributed by atoms with E-state index in [1.165, 1.54) is 11.1 Å². The lowest BCUT2D eigenvalue weighted by atomic mass is 9.95. The zero-order chi connectivity index (χ0) is 15.2. The largest absolute Gasteiger partial charge is 0.306 e. The summed E-state index contributed by atoms with van der Waals surface area (Å²) < 4.78 is 0. The highest BCUT2D eigenvalue weighted by molar-refractivity contribution is 6.31. The monoisotopic (exact) mass is 301 g/mol. The predicted molar refractivity (Wildman–Crippen MR) is 92.1 cm³/mol. The Bertz CT molecular complexity index is 560. The zero-order valence-electron chi connectivity index (χ0n) is 13.1. The van der Waals surface area contributed by atoms with Crippen molar-refractivity contribution in [2.45, 2.75) is 39.2 Å². The Kier molecular flexibility index (Phi) is 5.84. The van der Waals surface area contributed by atoms with E-state index in [2.05, 4.69) is 56.4 Å². The molecule has 0 saturated carbocycles. The molecule has 0 amide bonds. The molecule has 0 radical (unpaired) electrons. The summed E-state index contributed by atoms with van der Waals surface area (Å²) in [4.78, 5) is 0. The van der Waals surface area contributed by atoms with E-state index in [-0.39, 0.29) is 6.04 Å². The average molecular weight is 302 g/mol. The summed E-state index contributed by atoms with van der Waals surface area (Å²) >= 11 is 6.39. The highest BCUT2D eigenvalue weighted by Gasteiger charge is 2.16. The van der Waals surface area contributed by atoms with Gasteiger partial charge < -0.3 is 5.32 Å². The molecular formula is C19H24ClN. The van der Waals surface area contributed by atoms with Crippen LogP contribution in [0.25, 0.3) is 0 Å². The standard InChI is InChI=1S/C19H24ClN/c1-4-13-21-19(17-7-5-6-8-18(17)20)16-11-9-15(10-12-16)14(2)3/h5-12,14,19,21H,4,13H2,1-3H3. The molecule has 1 unspecified atom stereocenters. The van der Waals surface area contributed by atoms with Crippen molar-refractivity contribution in [3.8, 4) is 0 Å². The van der Waals surface area contributed by atoms with E-state index >= 15 is 0 Å². The number of hydrogen-bond acceptors (Lipinski definition) is 1. The summed E-state index contributed by atoms with van der Waals surface area (Å²) in [5.74, 6) is 0.557. The third-order valence-corrected chi connectivity index (χ3v) is 4.10. The summed E-state index contributed by atoms with van der Waals surface area (Å²) in [7, 11) is 0. The van der Waals surface area contributed by atoms with Crippen molar-refractivity contribution >= 4 is 11.6 Å². The Morgan fingerprint density at radius 1 is 0.952 bits per heavy atom. The van der Waals surface area contributed by atoms with Gasteiger partial charge in [-0.2, -0.15) is 0 Å². The normalized spacial score (nSPS) is 12.6. The summed E-state index contributed by atoms with van der Waals surface area (Å²) in [5.41, 5.74) is 3.78. The lowest BCUT2D eigenvalue weighted by Gasteiger charge is -2.21. The van der Waals surface area contributed by atoms with E-state index in [0.29, 0.717) is 5.92 Å². The topological polar surface area (TPSA) is 12.0 Å². The van der Waals surface area contributed by atoms with Crippen LogP contribution in [0.2, 0.25) is 5.02 Å². The van der Waals surface area contributed by atoms with Crippen LogP contribution >= 0.6 is 11.6 Å². The van der Waals surface area contributed by atoms with Gasteiger partial charge in [0.25, 0.3) is 0 Å². The van der Waals surface area contributed by atoms with Crippen LogP contribution in [0.5, 0.6) is 0 Å². The summed E-state index contributed by atoms with van der Waals surface area (Å²) in [6.45, 7) is 7.59. The number of hydrogen-bond donors (Lipinski definition) is 1. The Morgan fingerprint density at radius 2 is 1.57 bits per heavy atom. The molecule has 0 saturated heterocycles. The first-order valence-corrected chi connectivity index (χ1v) is 8.09. The van der Waals surface area contributed by atoms with Gasteiger partial charge in [-0.1, -0.05) is 74.8 Å². The second-order valence-corrected chi connectivity index (χ2v) is 6.14. The van der Waals surface area contributed by atoms with Crippen LogP contribution < -0.4 is 5.32 Å². The van der Waals surface area contributed by atoms with Crippen LogP contribution in [-0.2, 0) is 0 Å². The molecule has 1 N–H and O–H groups in total. The number of halogens is 1. The third-order valence-electron chi connectivity index (χ3n) is 3.75. The molecule has 1 atom stereocenters. The molecule has 112 valence electrons. The van der Waals surface area contributed by atoms with Gasteiger partial charge in [-0.25, -0.2) is 0 Å². The van der Waals surface area contributed by atoms with Crippen molar-refractivity contribution in [2.75, 3.05) is 6.54 Å². The minimum Gasteiger partial charge on any atom is -0.306 e. The first-order chi connectivity index (χ1) is 10.1. The van der Waals surface area contributed by atoms with Gasteiger partial charge in [0.05, 0.1) is 6.04 Å². The summed E-state index contributed by atoms with van der Waals surface area (Å²) in [6.07, 6.45) is 1.10. The van der Waals surface area contributed by atoms with Crippen LogP contribution in [0.15, 0.2) is 48.5 Å². The molecule has 0 aliphatic heterocycles. The first-order valence-electron chi connectivity index (χ1n) is 7.71. The van der Waals surface area contributed by atoms with Gasteiger partial charge in [0.15, 0.2) is 0 Å². The van der Waals surface area contributed by atoms with Crippen molar-refractivity contribution in [3.05, 3.63) is 70.2 Å². The Labute approximate surface area is 133 Å². The van der Waals surface area contributed by atoms with Gasteiger partial charge in [-0.15, -0.1) is 0 Å². The molecular weight excluding hydrogens is 278 g/mol. The number of benzene rings is 2. The molecule has 0 aromatic heterocycles. The van der Waals surface area contributed by atoms with E-state index in [4.69, 9.17) is 11.6 Å². The van der Waals surface area contributed by atoms with Gasteiger partial charge in [0, 0.05) is 5.02 Å². The Morgan fingerprint density at radius 3 is 2.14 bits per heavy atom. The van der Waals surface area contributed by atoms with Crippen molar-refractivity contribution in [3.63, 3.8) is 0 Å². The maximum absolute atomic E-state index is 6.39. The Hall–Kier alpha value is -1.31. The molecule has 0 bridgehead atoms. The maximum Gasteiger partial charge on any atom is 0.0591 e. The Balaban J connectivity index is 2.33. The molecule has 2 aromatic rings. The van der Waals surface area contributed by atoms with E-state index in [9.17, 15) is 0 Å². The van der Waals surface area contributed by atoms with Crippen LogP contribution in [0.4, 0.5) is 0 Å². The van der Waals surface area contributed by atoms with E-state index in [0.717, 1.165) is 23.6 Å². The summed E-state index contributed by atoms with van der Waals surface area (Å²) in [5, 5.41) is 4.43. The van der Waals surface area contributed by atoms with Crippen LogP contribution in [0, 0.1) is 0 Å². The van der Waals surface area contributed by atoms with Crippen molar-refractivity contribution < 1.29 is 0 Å². The number of rotatable bonds is 6. The van der Waals surface area contributed by atoms with Crippen LogP contribution in [-0.4, -0.2) is 6.54 Å². The van der Waals surface area contributed by atoms with E-state index in [1.54, 1.807) is 0 Å². The lowest BCUT2D eigenvalue weighted by Crippen LogP contribution is -2.23. The molecule has 2 aromatic carbocycles. The van der Waals surface area contributed by atoms with Gasteiger partial charge in [-0.05, 0) is 41.6 Å². The smallest absolute Gasteiger partial charge is 0.0591 e. The quantitative estimate of drug-likeness (QED) is 0.737. The first kappa shape index (κ1) is 16.1. The molecule has 0 heterocycles. The SMILES string of the molecule is CCCNC(c1ccc(C(C)C)cc1)c1ccccc1Cl.